The Bertz CT molecular complexity index is 1420. The molecule has 11 heteroatoms. The Morgan fingerprint density at radius 3 is 2.36 bits per heavy atom. The third-order valence-corrected chi connectivity index (χ3v) is 6.54. The predicted octanol–water partition coefficient (Wildman–Crippen LogP) is 4.65. The fourth-order valence-corrected chi connectivity index (χ4v) is 4.39. The molecule has 36 heavy (non-hydrogen) atoms. The number of carbonyl (C=O) groups is 1. The molecule has 4 N–H and O–H groups in total. The number of nitrogens with two attached hydrogens (primary N) is 1. The van der Waals surface area contributed by atoms with E-state index in [9.17, 15) is 26.4 Å². The third-order valence-electron chi connectivity index (χ3n) is 5.28. The average Bonchev–Trinajstić information content (AvgIpc) is 2.78. The minimum absolute atomic E-state index is 0.0699. The topological polar surface area (TPSA) is 114 Å². The largest absolute Gasteiger partial charge is 0.433 e. The summed E-state index contributed by atoms with van der Waals surface area (Å²) >= 11 is 0. The predicted molar refractivity (Wildman–Crippen MR) is 132 cm³/mol. The maximum atomic E-state index is 13.2. The molecule has 0 aliphatic carbocycles. The second-order valence-electron chi connectivity index (χ2n) is 8.19. The third kappa shape index (κ3) is 6.70. The number of nitrogens with zero attached hydrogens (tertiary/aromatic N) is 1. The van der Waals surface area contributed by atoms with Crippen LogP contribution in [0, 0.1) is 13.8 Å². The molecule has 0 spiro atoms. The molecule has 190 valence electrons. The van der Waals surface area contributed by atoms with Gasteiger partial charge in [0.25, 0.3) is 0 Å². The number of benzene rings is 2. The minimum atomic E-state index is -4.64. The Labute approximate surface area is 207 Å². The molecule has 1 heterocycles. The molecule has 3 rings (SSSR count). The van der Waals surface area contributed by atoms with Crippen molar-refractivity contribution >= 4 is 33.3 Å². The van der Waals surface area contributed by atoms with Gasteiger partial charge in [0.05, 0.1) is 4.90 Å². The van der Waals surface area contributed by atoms with Gasteiger partial charge in [-0.05, 0) is 60.9 Å². The lowest BCUT2D eigenvalue weighted by Gasteiger charge is -2.15. The number of rotatable bonds is 7. The van der Waals surface area contributed by atoms with Gasteiger partial charge in [0.1, 0.15) is 17.7 Å². The first kappa shape index (κ1) is 26.9. The lowest BCUT2D eigenvalue weighted by atomic mass is 10.1. The van der Waals surface area contributed by atoms with Crippen molar-refractivity contribution in [2.45, 2.75) is 31.1 Å². The van der Waals surface area contributed by atoms with Gasteiger partial charge in [-0.1, -0.05) is 30.3 Å². The van der Waals surface area contributed by atoms with Crippen molar-refractivity contribution in [3.05, 3.63) is 88.6 Å². The highest BCUT2D eigenvalue weighted by atomic mass is 32.2. The van der Waals surface area contributed by atoms with E-state index in [0.29, 0.717) is 16.8 Å². The van der Waals surface area contributed by atoms with E-state index in [1.807, 2.05) is 0 Å². The molecule has 1 unspecified atom stereocenters. The van der Waals surface area contributed by atoms with Crippen LogP contribution in [0.1, 0.15) is 34.1 Å². The molecule has 0 saturated heterocycles. The normalized spacial score (nSPS) is 13.0. The van der Waals surface area contributed by atoms with Gasteiger partial charge < -0.3 is 16.4 Å². The maximum absolute atomic E-state index is 13.2. The van der Waals surface area contributed by atoms with Crippen LogP contribution in [0.3, 0.4) is 0 Å². The maximum Gasteiger partial charge on any atom is 0.433 e. The highest BCUT2D eigenvalue weighted by Gasteiger charge is 2.33. The summed E-state index contributed by atoms with van der Waals surface area (Å²) in [5.74, 6) is -0.673. The van der Waals surface area contributed by atoms with Crippen LogP contribution in [-0.2, 0) is 20.8 Å². The Balaban J connectivity index is 1.82. The van der Waals surface area contributed by atoms with Crippen LogP contribution >= 0.6 is 0 Å². The summed E-state index contributed by atoms with van der Waals surface area (Å²) in [6.07, 6.45) is -2.03. The Morgan fingerprint density at radius 2 is 1.75 bits per heavy atom. The number of alkyl halides is 3. The van der Waals surface area contributed by atoms with Crippen LogP contribution in [0.25, 0.3) is 6.08 Å². The summed E-state index contributed by atoms with van der Waals surface area (Å²) in [5, 5.41) is 5.45. The van der Waals surface area contributed by atoms with Crippen LogP contribution < -0.4 is 16.4 Å². The van der Waals surface area contributed by atoms with Gasteiger partial charge in [0, 0.05) is 23.6 Å². The molecule has 2 aromatic carbocycles. The molecule has 0 aliphatic rings. The molecule has 7 nitrogen and oxygen atoms in total. The number of amides is 1. The number of nitrogens with one attached hydrogen (secondary N) is 2. The van der Waals surface area contributed by atoms with Crippen molar-refractivity contribution in [2.24, 2.45) is 5.73 Å². The number of para-hydroxylation sites is 1. The highest BCUT2D eigenvalue weighted by molar-refractivity contribution is 7.90. The van der Waals surface area contributed by atoms with Crippen molar-refractivity contribution < 1.29 is 26.4 Å². The minimum Gasteiger partial charge on any atom is -0.340 e. The fraction of sp³-hybridized carbons (Fsp3) is 0.200. The molecule has 0 aliphatic heterocycles. The summed E-state index contributed by atoms with van der Waals surface area (Å²) in [4.78, 5) is 16.3. The molecular weight excluding hydrogens is 493 g/mol. The lowest BCUT2D eigenvalue weighted by molar-refractivity contribution is -0.141. The van der Waals surface area contributed by atoms with Gasteiger partial charge >= 0.3 is 6.18 Å². The van der Waals surface area contributed by atoms with Gasteiger partial charge in [0.2, 0.25) is 5.91 Å². The smallest absolute Gasteiger partial charge is 0.340 e. The quantitative estimate of drug-likeness (QED) is 0.310. The summed E-state index contributed by atoms with van der Waals surface area (Å²) in [5.41, 5.74) is 7.56. The summed E-state index contributed by atoms with van der Waals surface area (Å²) in [6, 6.07) is 13.6. The van der Waals surface area contributed by atoms with Gasteiger partial charge in [-0.15, -0.1) is 0 Å². The summed E-state index contributed by atoms with van der Waals surface area (Å²) in [7, 11) is -3.40. The first-order chi connectivity index (χ1) is 16.8. The van der Waals surface area contributed by atoms with E-state index in [-0.39, 0.29) is 16.3 Å². The van der Waals surface area contributed by atoms with Crippen molar-refractivity contribution in [2.75, 3.05) is 11.6 Å². The zero-order valence-corrected chi connectivity index (χ0v) is 20.5. The highest BCUT2D eigenvalue weighted by Crippen LogP contribution is 2.31. The van der Waals surface area contributed by atoms with Crippen molar-refractivity contribution in [1.29, 1.82) is 0 Å². The summed E-state index contributed by atoms with van der Waals surface area (Å²) < 4.78 is 63.3. The number of aryl methyl sites for hydroxylation is 2. The monoisotopic (exact) mass is 518 g/mol. The molecule has 1 amide bonds. The number of hydrogen-bond donors (Lipinski definition) is 3. The number of anilines is 2. The fourth-order valence-electron chi connectivity index (χ4n) is 3.44. The average molecular weight is 519 g/mol. The molecule has 1 atom stereocenters. The number of hydrogen-bond acceptors (Lipinski definition) is 6. The SMILES string of the molecule is Cc1ccccc1Nc1nc(C(F)(F)F)ccc1C=CC(=O)NC(N)c1ccc(S(C)(=O)=O)c(C)c1. The molecule has 0 radical (unpaired) electrons. The van der Waals surface area contributed by atoms with E-state index in [2.05, 4.69) is 15.6 Å². The Hall–Kier alpha value is -3.70. The van der Waals surface area contributed by atoms with Crippen LogP contribution in [0.4, 0.5) is 24.7 Å². The first-order valence-electron chi connectivity index (χ1n) is 10.7. The van der Waals surface area contributed by atoms with Gasteiger partial charge in [-0.25, -0.2) is 13.4 Å². The molecule has 0 saturated carbocycles. The number of aromatic nitrogens is 1. The van der Waals surface area contributed by atoms with Gasteiger partial charge in [-0.3, -0.25) is 4.79 Å². The summed E-state index contributed by atoms with van der Waals surface area (Å²) in [6.45, 7) is 3.42. The Kier molecular flexibility index (Phi) is 7.85. The standard InChI is InChI=1S/C25H25F3N4O3S/c1-15-6-4-5-7-19(15)30-24-17(9-12-21(31-24)25(26,27)28)10-13-22(33)32-23(29)18-8-11-20(16(2)14-18)36(3,34)35/h4-14,23H,29H2,1-3H3,(H,30,31)(H,32,33). The molecule has 0 fully saturated rings. The van der Waals surface area contributed by atoms with E-state index in [1.54, 1.807) is 44.2 Å². The van der Waals surface area contributed by atoms with E-state index in [1.165, 1.54) is 24.3 Å². The van der Waals surface area contributed by atoms with Crippen molar-refractivity contribution in [3.63, 3.8) is 0 Å². The van der Waals surface area contributed by atoms with Gasteiger partial charge in [0.15, 0.2) is 9.84 Å². The Morgan fingerprint density at radius 1 is 1.06 bits per heavy atom. The van der Waals surface area contributed by atoms with Crippen molar-refractivity contribution in [1.82, 2.24) is 10.3 Å². The van der Waals surface area contributed by atoms with Crippen LogP contribution in [0.15, 0.2) is 65.6 Å². The molecule has 0 bridgehead atoms. The second-order valence-corrected chi connectivity index (χ2v) is 10.2. The van der Waals surface area contributed by atoms with Gasteiger partial charge in [-0.2, -0.15) is 13.2 Å². The van der Waals surface area contributed by atoms with E-state index < -0.39 is 33.8 Å². The van der Waals surface area contributed by atoms with Crippen LogP contribution in [-0.4, -0.2) is 25.6 Å². The van der Waals surface area contributed by atoms with E-state index in [0.717, 1.165) is 24.0 Å². The molecule has 1 aromatic heterocycles. The number of halogens is 3. The number of sulfone groups is 1. The molecule has 3 aromatic rings. The first-order valence-corrected chi connectivity index (χ1v) is 12.6. The van der Waals surface area contributed by atoms with Crippen LogP contribution in [0.5, 0.6) is 0 Å². The lowest BCUT2D eigenvalue weighted by Crippen LogP contribution is -2.33. The zero-order valence-electron chi connectivity index (χ0n) is 19.7. The zero-order chi connectivity index (χ0) is 26.7. The number of pyridine rings is 1. The van der Waals surface area contributed by atoms with Crippen LogP contribution in [0.2, 0.25) is 0 Å². The van der Waals surface area contributed by atoms with E-state index >= 15 is 0 Å². The van der Waals surface area contributed by atoms with E-state index in [4.69, 9.17) is 5.73 Å². The number of carbonyl (C=O) groups excluding carboxylic acids is 1. The molecular formula is C25H25F3N4O3S. The van der Waals surface area contributed by atoms with Crippen molar-refractivity contribution in [3.8, 4) is 0 Å². The second kappa shape index (κ2) is 10.5.